The number of benzene rings is 1. The van der Waals surface area contributed by atoms with Gasteiger partial charge in [0.25, 0.3) is 0 Å². The van der Waals surface area contributed by atoms with Crippen LogP contribution in [0.5, 0.6) is 5.75 Å². The number of pyridine rings is 1. The molecule has 2 rings (SSSR count). The van der Waals surface area contributed by atoms with Crippen LogP contribution in [0.4, 0.5) is 0 Å². The maximum Gasteiger partial charge on any atom is 0.119 e. The van der Waals surface area contributed by atoms with Gasteiger partial charge in [-0.05, 0) is 42.8 Å². The zero-order valence-electron chi connectivity index (χ0n) is 9.55. The third-order valence-electron chi connectivity index (χ3n) is 2.32. The quantitative estimate of drug-likeness (QED) is 0.805. The van der Waals surface area contributed by atoms with Gasteiger partial charge in [0, 0.05) is 18.0 Å². The Morgan fingerprint density at radius 2 is 2.00 bits per heavy atom. The molecule has 1 aromatic heterocycles. The summed E-state index contributed by atoms with van der Waals surface area (Å²) < 4.78 is 5.60. The van der Waals surface area contributed by atoms with Gasteiger partial charge >= 0.3 is 0 Å². The highest BCUT2D eigenvalue weighted by molar-refractivity contribution is 5.34. The van der Waals surface area contributed by atoms with Crippen molar-refractivity contribution in [1.82, 2.24) is 4.98 Å². The SMILES string of the molecule is Cc1cncc(COc2ccc(C#N)cc2)c1. The maximum atomic E-state index is 8.67. The summed E-state index contributed by atoms with van der Waals surface area (Å²) >= 11 is 0. The van der Waals surface area contributed by atoms with E-state index < -0.39 is 0 Å². The van der Waals surface area contributed by atoms with Crippen LogP contribution < -0.4 is 4.74 Å². The fraction of sp³-hybridized carbons (Fsp3) is 0.143. The molecule has 0 spiro atoms. The summed E-state index contributed by atoms with van der Waals surface area (Å²) in [5, 5.41) is 8.67. The lowest BCUT2D eigenvalue weighted by Crippen LogP contribution is -1.96. The van der Waals surface area contributed by atoms with Crippen molar-refractivity contribution in [1.29, 1.82) is 5.26 Å². The number of hydrogen-bond acceptors (Lipinski definition) is 3. The van der Waals surface area contributed by atoms with Crippen molar-refractivity contribution in [2.24, 2.45) is 0 Å². The Morgan fingerprint density at radius 3 is 2.65 bits per heavy atom. The van der Waals surface area contributed by atoms with E-state index in [0.29, 0.717) is 12.2 Å². The lowest BCUT2D eigenvalue weighted by molar-refractivity contribution is 0.305. The average molecular weight is 224 g/mol. The molecule has 0 saturated carbocycles. The first-order valence-electron chi connectivity index (χ1n) is 5.31. The fourth-order valence-corrected chi connectivity index (χ4v) is 1.49. The van der Waals surface area contributed by atoms with Gasteiger partial charge in [0.05, 0.1) is 11.6 Å². The molecule has 2 aromatic rings. The third kappa shape index (κ3) is 3.05. The minimum absolute atomic E-state index is 0.487. The standard InChI is InChI=1S/C14H12N2O/c1-11-6-13(9-16-8-11)10-17-14-4-2-12(7-15)3-5-14/h2-6,8-9H,10H2,1H3. The lowest BCUT2D eigenvalue weighted by Gasteiger charge is -2.06. The minimum Gasteiger partial charge on any atom is -0.489 e. The van der Waals surface area contributed by atoms with E-state index in [9.17, 15) is 0 Å². The summed E-state index contributed by atoms with van der Waals surface area (Å²) in [6.45, 7) is 2.48. The monoisotopic (exact) mass is 224 g/mol. The van der Waals surface area contributed by atoms with Crippen LogP contribution in [0.3, 0.4) is 0 Å². The van der Waals surface area contributed by atoms with E-state index in [-0.39, 0.29) is 0 Å². The summed E-state index contributed by atoms with van der Waals surface area (Å²) in [4.78, 5) is 4.10. The Hall–Kier alpha value is -2.34. The van der Waals surface area contributed by atoms with Crippen LogP contribution >= 0.6 is 0 Å². The lowest BCUT2D eigenvalue weighted by atomic mass is 10.2. The van der Waals surface area contributed by atoms with Crippen molar-refractivity contribution in [3.05, 3.63) is 59.4 Å². The molecular weight excluding hydrogens is 212 g/mol. The Morgan fingerprint density at radius 1 is 1.24 bits per heavy atom. The second-order valence-corrected chi connectivity index (χ2v) is 3.80. The number of nitrogens with zero attached hydrogens (tertiary/aromatic N) is 2. The molecule has 0 unspecified atom stereocenters. The molecule has 0 amide bonds. The maximum absolute atomic E-state index is 8.67. The molecule has 0 atom stereocenters. The van der Waals surface area contributed by atoms with Crippen LogP contribution in [0.15, 0.2) is 42.7 Å². The van der Waals surface area contributed by atoms with Crippen LogP contribution in [-0.2, 0) is 6.61 Å². The average Bonchev–Trinajstić information content (AvgIpc) is 2.37. The highest BCUT2D eigenvalue weighted by atomic mass is 16.5. The van der Waals surface area contributed by atoms with Crippen molar-refractivity contribution in [2.45, 2.75) is 13.5 Å². The number of ether oxygens (including phenoxy) is 1. The predicted molar refractivity (Wildman–Crippen MR) is 64.5 cm³/mol. The number of nitriles is 1. The number of hydrogen-bond donors (Lipinski definition) is 0. The molecule has 0 radical (unpaired) electrons. The van der Waals surface area contributed by atoms with E-state index in [4.69, 9.17) is 10.00 Å². The molecule has 0 saturated heterocycles. The number of rotatable bonds is 3. The van der Waals surface area contributed by atoms with Gasteiger partial charge in [-0.25, -0.2) is 0 Å². The number of aryl methyl sites for hydroxylation is 1. The van der Waals surface area contributed by atoms with E-state index >= 15 is 0 Å². The van der Waals surface area contributed by atoms with E-state index in [0.717, 1.165) is 16.9 Å². The van der Waals surface area contributed by atoms with Gasteiger partial charge < -0.3 is 4.74 Å². The van der Waals surface area contributed by atoms with Gasteiger partial charge in [0.2, 0.25) is 0 Å². The van der Waals surface area contributed by atoms with E-state index in [1.54, 1.807) is 30.5 Å². The highest BCUT2D eigenvalue weighted by Gasteiger charge is 1.97. The third-order valence-corrected chi connectivity index (χ3v) is 2.32. The smallest absolute Gasteiger partial charge is 0.119 e. The molecule has 0 N–H and O–H groups in total. The summed E-state index contributed by atoms with van der Waals surface area (Å²) in [5.74, 6) is 0.755. The second-order valence-electron chi connectivity index (χ2n) is 3.80. The second kappa shape index (κ2) is 5.13. The Labute approximate surface area is 100 Å². The fourth-order valence-electron chi connectivity index (χ4n) is 1.49. The molecule has 0 aliphatic carbocycles. The zero-order chi connectivity index (χ0) is 12.1. The summed E-state index contributed by atoms with van der Waals surface area (Å²) in [7, 11) is 0. The first-order chi connectivity index (χ1) is 8.28. The van der Waals surface area contributed by atoms with Gasteiger partial charge in [-0.15, -0.1) is 0 Å². The molecule has 17 heavy (non-hydrogen) atoms. The summed E-state index contributed by atoms with van der Waals surface area (Å²) in [6.07, 6.45) is 3.60. The molecule has 3 nitrogen and oxygen atoms in total. The van der Waals surface area contributed by atoms with Crippen molar-refractivity contribution in [3.63, 3.8) is 0 Å². The molecule has 0 fully saturated rings. The van der Waals surface area contributed by atoms with Crippen molar-refractivity contribution in [3.8, 4) is 11.8 Å². The molecule has 84 valence electrons. The molecule has 0 aliphatic heterocycles. The van der Waals surface area contributed by atoms with Gasteiger partial charge in [-0.3, -0.25) is 4.98 Å². The van der Waals surface area contributed by atoms with Gasteiger partial charge in [-0.1, -0.05) is 0 Å². The van der Waals surface area contributed by atoms with Crippen molar-refractivity contribution in [2.75, 3.05) is 0 Å². The largest absolute Gasteiger partial charge is 0.489 e. The molecule has 0 bridgehead atoms. The van der Waals surface area contributed by atoms with E-state index in [1.165, 1.54) is 0 Å². The van der Waals surface area contributed by atoms with Crippen molar-refractivity contribution < 1.29 is 4.74 Å². The zero-order valence-corrected chi connectivity index (χ0v) is 9.55. The Bertz CT molecular complexity index is 541. The summed E-state index contributed by atoms with van der Waals surface area (Å²) in [5.41, 5.74) is 2.79. The first-order valence-corrected chi connectivity index (χ1v) is 5.31. The topological polar surface area (TPSA) is 45.9 Å². The van der Waals surface area contributed by atoms with E-state index in [2.05, 4.69) is 11.1 Å². The first kappa shape index (κ1) is 11.2. The van der Waals surface area contributed by atoms with Crippen LogP contribution in [0, 0.1) is 18.3 Å². The molecule has 3 heteroatoms. The molecule has 0 aliphatic rings. The van der Waals surface area contributed by atoms with Crippen molar-refractivity contribution >= 4 is 0 Å². The van der Waals surface area contributed by atoms with Crippen LogP contribution in [0.1, 0.15) is 16.7 Å². The highest BCUT2D eigenvalue weighted by Crippen LogP contribution is 2.13. The summed E-state index contributed by atoms with van der Waals surface area (Å²) in [6, 6.07) is 11.2. The molecule has 1 aromatic carbocycles. The Balaban J connectivity index is 2.00. The molecular formula is C14H12N2O. The van der Waals surface area contributed by atoms with Gasteiger partial charge in [-0.2, -0.15) is 5.26 Å². The molecule has 1 heterocycles. The normalized spacial score (nSPS) is 9.65. The van der Waals surface area contributed by atoms with Crippen LogP contribution in [-0.4, -0.2) is 4.98 Å². The predicted octanol–water partition coefficient (Wildman–Crippen LogP) is 2.84. The van der Waals surface area contributed by atoms with E-state index in [1.807, 2.05) is 19.2 Å². The Kier molecular flexibility index (Phi) is 3.37. The van der Waals surface area contributed by atoms with Crippen LogP contribution in [0.2, 0.25) is 0 Å². The minimum atomic E-state index is 0.487. The van der Waals surface area contributed by atoms with Crippen LogP contribution in [0.25, 0.3) is 0 Å². The van der Waals surface area contributed by atoms with Gasteiger partial charge in [0.15, 0.2) is 0 Å². The van der Waals surface area contributed by atoms with Gasteiger partial charge in [0.1, 0.15) is 12.4 Å². The number of aromatic nitrogens is 1.